The molecule has 1 aromatic rings. The summed E-state index contributed by atoms with van der Waals surface area (Å²) in [4.78, 5) is 23.0. The topological polar surface area (TPSA) is 72.8 Å². The van der Waals surface area contributed by atoms with Crippen LogP contribution >= 0.6 is 0 Å². The number of ether oxygens (including phenoxy) is 2. The van der Waals surface area contributed by atoms with Crippen molar-refractivity contribution in [1.82, 2.24) is 0 Å². The van der Waals surface area contributed by atoms with Crippen LogP contribution in [0.4, 0.5) is 0 Å². The molecule has 0 unspecified atom stereocenters. The van der Waals surface area contributed by atoms with Gasteiger partial charge in [-0.2, -0.15) is 0 Å². The monoisotopic (exact) mass is 280 g/mol. The van der Waals surface area contributed by atoms with Gasteiger partial charge in [-0.25, -0.2) is 4.79 Å². The molecule has 0 spiro atoms. The van der Waals surface area contributed by atoms with E-state index in [9.17, 15) is 14.7 Å². The molecule has 0 amide bonds. The van der Waals surface area contributed by atoms with Gasteiger partial charge in [0.1, 0.15) is 0 Å². The van der Waals surface area contributed by atoms with E-state index in [-0.39, 0.29) is 25.6 Å². The Balaban J connectivity index is 2.76. The third-order valence-corrected chi connectivity index (χ3v) is 2.76. The number of carbonyl (C=O) groups excluding carboxylic acids is 2. The summed E-state index contributed by atoms with van der Waals surface area (Å²) in [6, 6.07) is 5.08. The van der Waals surface area contributed by atoms with Crippen molar-refractivity contribution in [3.05, 3.63) is 34.9 Å². The number of aliphatic hydroxyl groups excluding tert-OH is 1. The average Bonchev–Trinajstić information content (AvgIpc) is 2.45. The summed E-state index contributed by atoms with van der Waals surface area (Å²) in [5.74, 6) is -0.707. The Morgan fingerprint density at radius 3 is 2.45 bits per heavy atom. The highest BCUT2D eigenvalue weighted by atomic mass is 16.5. The molecule has 0 aliphatic heterocycles. The van der Waals surface area contributed by atoms with E-state index in [4.69, 9.17) is 9.47 Å². The van der Waals surface area contributed by atoms with Gasteiger partial charge < -0.3 is 14.6 Å². The molecule has 0 aliphatic rings. The van der Waals surface area contributed by atoms with E-state index in [0.29, 0.717) is 24.2 Å². The number of aliphatic hydroxyl groups is 1. The van der Waals surface area contributed by atoms with Gasteiger partial charge in [-0.15, -0.1) is 0 Å². The molecule has 0 aliphatic carbocycles. The molecule has 0 saturated carbocycles. The first-order valence-electron chi connectivity index (χ1n) is 6.67. The van der Waals surface area contributed by atoms with Crippen molar-refractivity contribution in [3.8, 4) is 0 Å². The fraction of sp³-hybridized carbons (Fsp3) is 0.467. The number of hydrogen-bond acceptors (Lipinski definition) is 5. The van der Waals surface area contributed by atoms with Crippen molar-refractivity contribution in [3.63, 3.8) is 0 Å². The highest BCUT2D eigenvalue weighted by Gasteiger charge is 2.13. The number of hydrogen-bond donors (Lipinski definition) is 1. The first kappa shape index (κ1) is 16.2. The Morgan fingerprint density at radius 2 is 1.85 bits per heavy atom. The lowest BCUT2D eigenvalue weighted by molar-refractivity contribution is -0.143. The van der Waals surface area contributed by atoms with Gasteiger partial charge in [0.15, 0.2) is 0 Å². The zero-order valence-corrected chi connectivity index (χ0v) is 11.8. The molecule has 110 valence electrons. The summed E-state index contributed by atoms with van der Waals surface area (Å²) in [5, 5.41) is 9.32. The van der Waals surface area contributed by atoms with Gasteiger partial charge in [0, 0.05) is 6.42 Å². The lowest BCUT2D eigenvalue weighted by atomic mass is 10.0. The molecular formula is C15H20O5. The standard InChI is InChI=1S/C15H20O5/c1-3-19-14(17)8-6-11-5-7-13(12(9-11)10-16)15(18)20-4-2/h5,7,9,16H,3-4,6,8,10H2,1-2H3. The van der Waals surface area contributed by atoms with Gasteiger partial charge in [-0.1, -0.05) is 12.1 Å². The summed E-state index contributed by atoms with van der Waals surface area (Å²) in [5.41, 5.74) is 1.73. The Kier molecular flexibility index (Phi) is 6.73. The van der Waals surface area contributed by atoms with Crippen LogP contribution in [-0.2, 0) is 27.3 Å². The first-order chi connectivity index (χ1) is 9.62. The molecule has 0 radical (unpaired) electrons. The molecule has 0 fully saturated rings. The number of carbonyl (C=O) groups is 2. The maximum Gasteiger partial charge on any atom is 0.338 e. The minimum Gasteiger partial charge on any atom is -0.466 e. The van der Waals surface area contributed by atoms with Crippen LogP contribution in [0.25, 0.3) is 0 Å². The highest BCUT2D eigenvalue weighted by Crippen LogP contribution is 2.15. The minimum atomic E-state index is -0.450. The van der Waals surface area contributed by atoms with Gasteiger partial charge >= 0.3 is 11.9 Å². The lowest BCUT2D eigenvalue weighted by Gasteiger charge is -2.09. The number of benzene rings is 1. The van der Waals surface area contributed by atoms with E-state index in [1.54, 1.807) is 32.0 Å². The van der Waals surface area contributed by atoms with Gasteiger partial charge in [0.25, 0.3) is 0 Å². The predicted octanol–water partition coefficient (Wildman–Crippen LogP) is 1.85. The smallest absolute Gasteiger partial charge is 0.338 e. The summed E-state index contributed by atoms with van der Waals surface area (Å²) in [6.07, 6.45) is 0.784. The van der Waals surface area contributed by atoms with Gasteiger partial charge in [-0.05, 0) is 37.5 Å². The van der Waals surface area contributed by atoms with E-state index in [2.05, 4.69) is 0 Å². The summed E-state index contributed by atoms with van der Waals surface area (Å²) < 4.78 is 9.77. The van der Waals surface area contributed by atoms with Crippen LogP contribution in [0.3, 0.4) is 0 Å². The largest absolute Gasteiger partial charge is 0.466 e. The quantitative estimate of drug-likeness (QED) is 0.772. The molecule has 0 aromatic heterocycles. The molecular weight excluding hydrogens is 260 g/mol. The zero-order chi connectivity index (χ0) is 15.0. The van der Waals surface area contributed by atoms with Crippen molar-refractivity contribution in [2.45, 2.75) is 33.3 Å². The number of aryl methyl sites for hydroxylation is 1. The van der Waals surface area contributed by atoms with E-state index in [1.165, 1.54) is 0 Å². The second-order valence-corrected chi connectivity index (χ2v) is 4.18. The van der Waals surface area contributed by atoms with Gasteiger partial charge in [0.05, 0.1) is 25.4 Å². The third kappa shape index (κ3) is 4.66. The third-order valence-electron chi connectivity index (χ3n) is 2.76. The van der Waals surface area contributed by atoms with Crippen molar-refractivity contribution in [1.29, 1.82) is 0 Å². The van der Waals surface area contributed by atoms with Gasteiger partial charge in [-0.3, -0.25) is 4.79 Å². The zero-order valence-electron chi connectivity index (χ0n) is 11.8. The molecule has 5 nitrogen and oxygen atoms in total. The van der Waals surface area contributed by atoms with Crippen LogP contribution in [0, 0.1) is 0 Å². The van der Waals surface area contributed by atoms with E-state index in [0.717, 1.165) is 5.56 Å². The molecule has 0 atom stereocenters. The maximum absolute atomic E-state index is 11.7. The molecule has 1 rings (SSSR count). The number of rotatable bonds is 7. The molecule has 0 heterocycles. The molecule has 1 N–H and O–H groups in total. The van der Waals surface area contributed by atoms with Crippen LogP contribution in [-0.4, -0.2) is 30.3 Å². The summed E-state index contributed by atoms with van der Waals surface area (Å²) in [6.45, 7) is 3.89. The average molecular weight is 280 g/mol. The van der Waals surface area contributed by atoms with Crippen LogP contribution < -0.4 is 0 Å². The van der Waals surface area contributed by atoms with Crippen LogP contribution in [0.2, 0.25) is 0 Å². The van der Waals surface area contributed by atoms with Crippen molar-refractivity contribution >= 4 is 11.9 Å². The SMILES string of the molecule is CCOC(=O)CCc1ccc(C(=O)OCC)c(CO)c1. The van der Waals surface area contributed by atoms with Crippen molar-refractivity contribution in [2.24, 2.45) is 0 Å². The van der Waals surface area contributed by atoms with E-state index < -0.39 is 5.97 Å². The fourth-order valence-electron chi connectivity index (χ4n) is 1.82. The molecule has 5 heteroatoms. The second-order valence-electron chi connectivity index (χ2n) is 4.18. The normalized spacial score (nSPS) is 10.2. The Hall–Kier alpha value is -1.88. The fourth-order valence-corrected chi connectivity index (χ4v) is 1.82. The van der Waals surface area contributed by atoms with Gasteiger partial charge in [0.2, 0.25) is 0 Å². The predicted molar refractivity (Wildman–Crippen MR) is 73.3 cm³/mol. The molecule has 0 saturated heterocycles. The summed E-state index contributed by atoms with van der Waals surface area (Å²) >= 11 is 0. The van der Waals surface area contributed by atoms with Crippen LogP contribution in [0.5, 0.6) is 0 Å². The number of esters is 2. The van der Waals surface area contributed by atoms with Crippen molar-refractivity contribution in [2.75, 3.05) is 13.2 Å². The Labute approximate surface area is 118 Å². The highest BCUT2D eigenvalue weighted by molar-refractivity contribution is 5.91. The second kappa shape index (κ2) is 8.32. The lowest BCUT2D eigenvalue weighted by Crippen LogP contribution is -2.09. The van der Waals surface area contributed by atoms with E-state index in [1.807, 2.05) is 0 Å². The maximum atomic E-state index is 11.7. The molecule has 0 bridgehead atoms. The Bertz CT molecular complexity index is 467. The summed E-state index contributed by atoms with van der Waals surface area (Å²) in [7, 11) is 0. The first-order valence-corrected chi connectivity index (χ1v) is 6.67. The minimum absolute atomic E-state index is 0.249. The Morgan fingerprint density at radius 1 is 1.15 bits per heavy atom. The molecule has 1 aromatic carbocycles. The van der Waals surface area contributed by atoms with Crippen molar-refractivity contribution < 1.29 is 24.2 Å². The molecule has 20 heavy (non-hydrogen) atoms. The van der Waals surface area contributed by atoms with E-state index >= 15 is 0 Å². The van der Waals surface area contributed by atoms with Crippen LogP contribution in [0.15, 0.2) is 18.2 Å². The van der Waals surface area contributed by atoms with Crippen LogP contribution in [0.1, 0.15) is 41.8 Å².